The Morgan fingerprint density at radius 3 is 2.34 bits per heavy atom. The van der Waals surface area contributed by atoms with Gasteiger partial charge >= 0.3 is 5.97 Å². The Balaban J connectivity index is 1.29. The van der Waals surface area contributed by atoms with Crippen molar-refractivity contribution in [2.75, 3.05) is 18.5 Å². The van der Waals surface area contributed by atoms with E-state index in [1.54, 1.807) is 6.92 Å². The smallest absolute Gasteiger partial charge is 0.305 e. The molecule has 3 aromatic carbocycles. The summed E-state index contributed by atoms with van der Waals surface area (Å²) in [5.74, 6) is 1.72. The zero-order valence-corrected chi connectivity index (χ0v) is 22.2. The van der Waals surface area contributed by atoms with Crippen LogP contribution in [0, 0.1) is 5.92 Å². The number of carbonyl (C=O) groups excluding carboxylic acids is 2. The van der Waals surface area contributed by atoms with Crippen LogP contribution in [0.5, 0.6) is 5.75 Å². The number of hydrogen-bond donors (Lipinski definition) is 1. The van der Waals surface area contributed by atoms with E-state index in [0.717, 1.165) is 33.7 Å². The van der Waals surface area contributed by atoms with Crippen LogP contribution in [0.25, 0.3) is 22.3 Å². The summed E-state index contributed by atoms with van der Waals surface area (Å²) in [7, 11) is 0. The zero-order chi connectivity index (χ0) is 26.9. The lowest BCUT2D eigenvalue weighted by Crippen LogP contribution is -2.32. The molecule has 198 valence electrons. The van der Waals surface area contributed by atoms with E-state index in [2.05, 4.69) is 19.2 Å². The molecule has 0 aliphatic carbocycles. The normalized spacial score (nSPS) is 11.9. The van der Waals surface area contributed by atoms with E-state index in [1.807, 2.05) is 78.9 Å². The average Bonchev–Trinajstić information content (AvgIpc) is 3.36. The quantitative estimate of drug-likeness (QED) is 0.147. The van der Waals surface area contributed by atoms with Crippen molar-refractivity contribution in [3.63, 3.8) is 0 Å². The summed E-state index contributed by atoms with van der Waals surface area (Å²) in [5.41, 5.74) is 3.44. The molecule has 0 saturated heterocycles. The number of nitrogens with one attached hydrogen (secondary N) is 1. The van der Waals surface area contributed by atoms with Gasteiger partial charge in [-0.25, -0.2) is 0 Å². The zero-order valence-electron chi connectivity index (χ0n) is 22.2. The summed E-state index contributed by atoms with van der Waals surface area (Å²) in [6.45, 7) is 6.92. The van der Waals surface area contributed by atoms with Crippen LogP contribution in [-0.4, -0.2) is 31.0 Å². The van der Waals surface area contributed by atoms with Crippen molar-refractivity contribution < 1.29 is 23.5 Å². The van der Waals surface area contributed by atoms with Gasteiger partial charge in [0.15, 0.2) is 5.78 Å². The minimum Gasteiger partial charge on any atom is -0.491 e. The Morgan fingerprint density at radius 1 is 0.921 bits per heavy atom. The lowest BCUT2D eigenvalue weighted by Gasteiger charge is -2.24. The van der Waals surface area contributed by atoms with Gasteiger partial charge in [0, 0.05) is 35.0 Å². The van der Waals surface area contributed by atoms with Gasteiger partial charge in [0.1, 0.15) is 23.7 Å². The molecule has 1 heterocycles. The Hall–Kier alpha value is -4.06. The number of anilines is 1. The number of esters is 1. The largest absolute Gasteiger partial charge is 0.491 e. The molecule has 0 spiro atoms. The molecular weight excluding hydrogens is 478 g/mol. The first-order valence-electron chi connectivity index (χ1n) is 13.2. The number of rotatable bonds is 13. The fourth-order valence-corrected chi connectivity index (χ4v) is 4.16. The lowest BCUT2D eigenvalue weighted by molar-refractivity contribution is -0.143. The molecule has 6 heteroatoms. The molecule has 38 heavy (non-hydrogen) atoms. The second-order valence-electron chi connectivity index (χ2n) is 9.64. The van der Waals surface area contributed by atoms with Crippen molar-refractivity contribution in [2.45, 2.75) is 46.1 Å². The van der Waals surface area contributed by atoms with Crippen LogP contribution in [0.15, 0.2) is 83.3 Å². The number of benzene rings is 3. The summed E-state index contributed by atoms with van der Waals surface area (Å²) in [6.07, 6.45) is 1.07. The van der Waals surface area contributed by atoms with Gasteiger partial charge in [-0.2, -0.15) is 0 Å². The van der Waals surface area contributed by atoms with E-state index in [-0.39, 0.29) is 24.2 Å². The minimum atomic E-state index is -0.260. The highest BCUT2D eigenvalue weighted by Gasteiger charge is 2.15. The Morgan fingerprint density at radius 2 is 1.66 bits per heavy atom. The van der Waals surface area contributed by atoms with E-state index in [0.29, 0.717) is 37.5 Å². The van der Waals surface area contributed by atoms with Crippen LogP contribution >= 0.6 is 0 Å². The highest BCUT2D eigenvalue weighted by atomic mass is 16.5. The standard InChI is InChI=1S/C32H35NO5/c1-4-36-32(35)11-7-9-29(34)23-12-16-26(17-13-23)33-28(22(2)3)21-37-27-18-14-24(15-19-27)31-20-25-8-5-6-10-30(25)38-31/h5-6,8,10,12-20,22,28,33H,4,7,9,11,21H2,1-3H3/t28-/m1/s1. The van der Waals surface area contributed by atoms with Crippen LogP contribution < -0.4 is 10.1 Å². The summed E-state index contributed by atoms with van der Waals surface area (Å²) in [5, 5.41) is 4.61. The second-order valence-corrected chi connectivity index (χ2v) is 9.64. The van der Waals surface area contributed by atoms with Crippen molar-refractivity contribution in [1.29, 1.82) is 0 Å². The molecule has 6 nitrogen and oxygen atoms in total. The second kappa shape index (κ2) is 13.0. The van der Waals surface area contributed by atoms with Crippen LogP contribution in [-0.2, 0) is 9.53 Å². The lowest BCUT2D eigenvalue weighted by atomic mass is 10.0. The van der Waals surface area contributed by atoms with Crippen molar-refractivity contribution in [1.82, 2.24) is 0 Å². The van der Waals surface area contributed by atoms with E-state index < -0.39 is 0 Å². The van der Waals surface area contributed by atoms with Crippen molar-refractivity contribution in [3.8, 4) is 17.1 Å². The number of hydrogen-bond acceptors (Lipinski definition) is 6. The summed E-state index contributed by atoms with van der Waals surface area (Å²) < 4.78 is 17.0. The fraction of sp³-hybridized carbons (Fsp3) is 0.312. The predicted molar refractivity (Wildman–Crippen MR) is 151 cm³/mol. The first kappa shape index (κ1) is 27.0. The van der Waals surface area contributed by atoms with Crippen LogP contribution in [0.2, 0.25) is 0 Å². The van der Waals surface area contributed by atoms with E-state index >= 15 is 0 Å². The van der Waals surface area contributed by atoms with Gasteiger partial charge in [-0.1, -0.05) is 32.0 Å². The molecule has 0 aliphatic heterocycles. The molecule has 0 radical (unpaired) electrons. The molecule has 0 bridgehead atoms. The summed E-state index contributed by atoms with van der Waals surface area (Å²) >= 11 is 0. The molecule has 0 fully saturated rings. The molecule has 0 aliphatic rings. The third-order valence-electron chi connectivity index (χ3n) is 6.45. The Kier molecular flexibility index (Phi) is 9.20. The third kappa shape index (κ3) is 7.25. The van der Waals surface area contributed by atoms with Crippen molar-refractivity contribution >= 4 is 28.4 Å². The van der Waals surface area contributed by atoms with Crippen molar-refractivity contribution in [2.24, 2.45) is 5.92 Å². The number of furan rings is 1. The maximum atomic E-state index is 12.4. The first-order valence-corrected chi connectivity index (χ1v) is 13.2. The molecule has 4 rings (SSSR count). The maximum Gasteiger partial charge on any atom is 0.305 e. The molecule has 0 unspecified atom stereocenters. The van der Waals surface area contributed by atoms with Crippen molar-refractivity contribution in [3.05, 3.63) is 84.4 Å². The summed E-state index contributed by atoms with van der Waals surface area (Å²) in [6, 6.07) is 25.5. The molecule has 1 atom stereocenters. The SMILES string of the molecule is CCOC(=O)CCCC(=O)c1ccc(N[C@H](COc2ccc(-c3cc4ccccc4o3)cc2)C(C)C)cc1. The van der Waals surface area contributed by atoms with Crippen LogP contribution in [0.1, 0.15) is 50.4 Å². The minimum absolute atomic E-state index is 0.0238. The molecule has 0 amide bonds. The van der Waals surface area contributed by atoms with Gasteiger partial charge in [-0.3, -0.25) is 9.59 Å². The first-order chi connectivity index (χ1) is 18.4. The number of ketones is 1. The average molecular weight is 514 g/mol. The number of carbonyl (C=O) groups is 2. The van der Waals surface area contributed by atoms with E-state index in [4.69, 9.17) is 13.9 Å². The van der Waals surface area contributed by atoms with Gasteiger partial charge in [0.2, 0.25) is 0 Å². The van der Waals surface area contributed by atoms with E-state index in [9.17, 15) is 9.59 Å². The highest BCUT2D eigenvalue weighted by molar-refractivity contribution is 5.96. The van der Waals surface area contributed by atoms with Gasteiger partial charge in [-0.05, 0) is 79.9 Å². The topological polar surface area (TPSA) is 77.8 Å². The maximum absolute atomic E-state index is 12.4. The number of ether oxygens (including phenoxy) is 2. The monoisotopic (exact) mass is 513 g/mol. The molecule has 4 aromatic rings. The molecular formula is C32H35NO5. The van der Waals surface area contributed by atoms with E-state index in [1.165, 1.54) is 0 Å². The van der Waals surface area contributed by atoms with Gasteiger partial charge in [0.05, 0.1) is 12.6 Å². The van der Waals surface area contributed by atoms with Gasteiger partial charge in [0.25, 0.3) is 0 Å². The van der Waals surface area contributed by atoms with Gasteiger partial charge < -0.3 is 19.2 Å². The Labute approximate surface area is 224 Å². The Bertz CT molecular complexity index is 1310. The number of para-hydroxylation sites is 1. The predicted octanol–water partition coefficient (Wildman–Crippen LogP) is 7.53. The summed E-state index contributed by atoms with van der Waals surface area (Å²) in [4.78, 5) is 23.9. The third-order valence-corrected chi connectivity index (χ3v) is 6.45. The fourth-order valence-electron chi connectivity index (χ4n) is 4.16. The highest BCUT2D eigenvalue weighted by Crippen LogP contribution is 2.29. The van der Waals surface area contributed by atoms with Gasteiger partial charge in [-0.15, -0.1) is 0 Å². The molecule has 1 aromatic heterocycles. The van der Waals surface area contributed by atoms with Crippen LogP contribution in [0.4, 0.5) is 5.69 Å². The molecule has 0 saturated carbocycles. The number of Topliss-reactive ketones (excluding diaryl/α,β-unsaturated/α-hetero) is 1. The number of fused-ring (bicyclic) bond motifs is 1. The molecule has 1 N–H and O–H groups in total. The van der Waals surface area contributed by atoms with Crippen LogP contribution in [0.3, 0.4) is 0 Å².